The molecule has 0 saturated carbocycles. The third-order valence-electron chi connectivity index (χ3n) is 0.602. The SMILES string of the molecule is CC(=O)C(=O)O.CC(=O)C(=O)O.[Y]. The van der Waals surface area contributed by atoms with E-state index in [2.05, 4.69) is 0 Å². The van der Waals surface area contributed by atoms with Gasteiger partial charge in [0.15, 0.2) is 0 Å². The molecule has 1 radical (unpaired) electrons. The molecule has 0 atom stereocenters. The van der Waals surface area contributed by atoms with E-state index in [1.807, 2.05) is 0 Å². The number of carbonyl (C=O) groups is 4. The van der Waals surface area contributed by atoms with Crippen LogP contribution >= 0.6 is 0 Å². The summed E-state index contributed by atoms with van der Waals surface area (Å²) in [6.45, 7) is 2.00. The average Bonchev–Trinajstić information content (AvgIpc) is 1.88. The van der Waals surface area contributed by atoms with Gasteiger partial charge in [-0.15, -0.1) is 0 Å². The molecule has 0 spiro atoms. The number of hydrogen-bond donors (Lipinski definition) is 2. The summed E-state index contributed by atoms with van der Waals surface area (Å²) in [5, 5.41) is 15.3. The largest absolute Gasteiger partial charge is 0.476 e. The molecule has 0 aliphatic carbocycles. The van der Waals surface area contributed by atoms with Crippen LogP contribution in [0.2, 0.25) is 0 Å². The Labute approximate surface area is 99.2 Å². The molecule has 2 N–H and O–H groups in total. The second-order valence-corrected chi connectivity index (χ2v) is 1.72. The van der Waals surface area contributed by atoms with Gasteiger partial charge in [0.2, 0.25) is 11.6 Å². The van der Waals surface area contributed by atoms with Crippen molar-refractivity contribution in [3.05, 3.63) is 0 Å². The summed E-state index contributed by atoms with van der Waals surface area (Å²) in [5.41, 5.74) is 0. The quantitative estimate of drug-likeness (QED) is 0.640. The number of aliphatic carboxylic acids is 2. The van der Waals surface area contributed by atoms with E-state index in [1.54, 1.807) is 0 Å². The van der Waals surface area contributed by atoms with Crippen LogP contribution in [0, 0.1) is 0 Å². The maximum Gasteiger partial charge on any atom is 0.371 e. The molecule has 13 heavy (non-hydrogen) atoms. The zero-order valence-corrected chi connectivity index (χ0v) is 9.94. The van der Waals surface area contributed by atoms with Crippen molar-refractivity contribution in [3.8, 4) is 0 Å². The van der Waals surface area contributed by atoms with Crippen molar-refractivity contribution in [3.63, 3.8) is 0 Å². The van der Waals surface area contributed by atoms with Crippen molar-refractivity contribution < 1.29 is 62.1 Å². The first-order valence-electron chi connectivity index (χ1n) is 2.76. The Morgan fingerprint density at radius 2 is 0.846 bits per heavy atom. The van der Waals surface area contributed by atoms with E-state index in [-0.39, 0.29) is 32.7 Å². The average molecular weight is 265 g/mol. The zero-order chi connectivity index (χ0) is 10.3. The molecule has 0 aliphatic heterocycles. The minimum Gasteiger partial charge on any atom is -0.476 e. The van der Waals surface area contributed by atoms with Gasteiger partial charge in [0.05, 0.1) is 0 Å². The van der Waals surface area contributed by atoms with E-state index >= 15 is 0 Å². The van der Waals surface area contributed by atoms with Gasteiger partial charge in [0, 0.05) is 46.6 Å². The minimum atomic E-state index is -1.38. The third-order valence-corrected chi connectivity index (χ3v) is 0.602. The van der Waals surface area contributed by atoms with Crippen LogP contribution in [0.25, 0.3) is 0 Å². The monoisotopic (exact) mass is 265 g/mol. The fraction of sp³-hybridized carbons (Fsp3) is 0.333. The van der Waals surface area contributed by atoms with E-state index < -0.39 is 23.5 Å². The van der Waals surface area contributed by atoms with Gasteiger partial charge >= 0.3 is 11.9 Å². The second-order valence-electron chi connectivity index (χ2n) is 1.72. The van der Waals surface area contributed by atoms with Gasteiger partial charge in [-0.2, -0.15) is 0 Å². The summed E-state index contributed by atoms with van der Waals surface area (Å²) < 4.78 is 0. The van der Waals surface area contributed by atoms with Gasteiger partial charge in [-0.25, -0.2) is 9.59 Å². The first kappa shape index (κ1) is 18.2. The van der Waals surface area contributed by atoms with Gasteiger partial charge in [0.1, 0.15) is 0 Å². The van der Waals surface area contributed by atoms with Crippen molar-refractivity contribution in [1.82, 2.24) is 0 Å². The molecule has 0 bridgehead atoms. The molecule has 0 heterocycles. The van der Waals surface area contributed by atoms with Crippen LogP contribution in [0.4, 0.5) is 0 Å². The Hall–Kier alpha value is -0.616. The molecule has 0 aromatic heterocycles. The predicted octanol–water partition coefficient (Wildman–Crippen LogP) is -0.683. The van der Waals surface area contributed by atoms with Gasteiger partial charge in [-0.1, -0.05) is 0 Å². The first-order valence-corrected chi connectivity index (χ1v) is 2.76. The summed E-state index contributed by atoms with van der Waals surface area (Å²) >= 11 is 0. The van der Waals surface area contributed by atoms with Crippen molar-refractivity contribution in [2.75, 3.05) is 0 Å². The van der Waals surface area contributed by atoms with E-state index in [9.17, 15) is 19.2 Å². The number of carbonyl (C=O) groups excluding carboxylic acids is 2. The second kappa shape index (κ2) is 9.47. The van der Waals surface area contributed by atoms with Gasteiger partial charge in [-0.05, 0) is 0 Å². The Kier molecular flexibility index (Phi) is 13.3. The molecule has 0 amide bonds. The molecule has 0 unspecified atom stereocenters. The Bertz CT molecular complexity index is 173. The maximum absolute atomic E-state index is 9.54. The van der Waals surface area contributed by atoms with Crippen LogP contribution in [-0.2, 0) is 51.9 Å². The topological polar surface area (TPSA) is 109 Å². The van der Waals surface area contributed by atoms with Gasteiger partial charge in [0.25, 0.3) is 0 Å². The van der Waals surface area contributed by atoms with E-state index in [0.717, 1.165) is 13.8 Å². The third kappa shape index (κ3) is 18.4. The molecule has 0 fully saturated rings. The zero-order valence-electron chi connectivity index (χ0n) is 7.10. The predicted molar refractivity (Wildman–Crippen MR) is 36.6 cm³/mol. The Morgan fingerprint density at radius 1 is 0.769 bits per heavy atom. The molecule has 6 nitrogen and oxygen atoms in total. The standard InChI is InChI=1S/2C3H4O3.Y/c2*1-2(4)3(5)6;/h2*1H3,(H,5,6);. The fourth-order valence-electron chi connectivity index (χ4n) is 0. The molecule has 71 valence electrons. The van der Waals surface area contributed by atoms with Crippen LogP contribution in [0.1, 0.15) is 13.8 Å². The summed E-state index contributed by atoms with van der Waals surface area (Å²) in [6, 6.07) is 0. The first-order chi connectivity index (χ1) is 5.29. The van der Waals surface area contributed by atoms with Crippen LogP contribution in [0.3, 0.4) is 0 Å². The summed E-state index contributed by atoms with van der Waals surface area (Å²) in [6.07, 6.45) is 0. The van der Waals surface area contributed by atoms with Crippen LogP contribution in [-0.4, -0.2) is 33.7 Å². The molecule has 0 aromatic rings. The molecule has 0 aromatic carbocycles. The van der Waals surface area contributed by atoms with Crippen LogP contribution in [0.15, 0.2) is 0 Å². The molecular formula is C6H8O6Y. The van der Waals surface area contributed by atoms with Gasteiger partial charge < -0.3 is 10.2 Å². The molecular weight excluding hydrogens is 257 g/mol. The summed E-state index contributed by atoms with van der Waals surface area (Å²) in [4.78, 5) is 37.8. The van der Waals surface area contributed by atoms with Gasteiger partial charge in [-0.3, -0.25) is 9.59 Å². The Morgan fingerprint density at radius 3 is 0.846 bits per heavy atom. The van der Waals surface area contributed by atoms with Crippen molar-refractivity contribution in [2.45, 2.75) is 13.8 Å². The minimum absolute atomic E-state index is 0. The number of hydrogen-bond acceptors (Lipinski definition) is 4. The van der Waals surface area contributed by atoms with Crippen LogP contribution in [0.5, 0.6) is 0 Å². The number of carboxylic acids is 2. The maximum atomic E-state index is 9.54. The Balaban J connectivity index is -0.000000143. The number of rotatable bonds is 2. The van der Waals surface area contributed by atoms with E-state index in [0.29, 0.717) is 0 Å². The molecule has 7 heteroatoms. The molecule has 0 saturated heterocycles. The smallest absolute Gasteiger partial charge is 0.371 e. The van der Waals surface area contributed by atoms with E-state index in [4.69, 9.17) is 10.2 Å². The summed E-state index contributed by atoms with van der Waals surface area (Å²) in [5.74, 6) is -4.41. The molecule has 0 rings (SSSR count). The number of carboxylic acid groups (broad SMARTS) is 2. The number of ketones is 2. The molecule has 0 aliphatic rings. The van der Waals surface area contributed by atoms with Crippen molar-refractivity contribution in [2.24, 2.45) is 0 Å². The summed E-state index contributed by atoms with van der Waals surface area (Å²) in [7, 11) is 0. The number of Topliss-reactive ketones (excluding diaryl/α,β-unsaturated/α-hetero) is 2. The normalized spacial score (nSPS) is 6.92. The fourth-order valence-corrected chi connectivity index (χ4v) is 0. The van der Waals surface area contributed by atoms with Crippen molar-refractivity contribution >= 4 is 23.5 Å². The van der Waals surface area contributed by atoms with Crippen molar-refractivity contribution in [1.29, 1.82) is 0 Å². The van der Waals surface area contributed by atoms with Crippen LogP contribution < -0.4 is 0 Å². The van der Waals surface area contributed by atoms with E-state index in [1.165, 1.54) is 0 Å².